The van der Waals surface area contributed by atoms with E-state index in [1.807, 2.05) is 0 Å². The Hall–Kier alpha value is -2.11. The molecule has 26 heavy (non-hydrogen) atoms. The van der Waals surface area contributed by atoms with Gasteiger partial charge in [0.05, 0.1) is 17.4 Å². The van der Waals surface area contributed by atoms with Crippen LogP contribution in [0.1, 0.15) is 53.5 Å². The van der Waals surface area contributed by atoms with Gasteiger partial charge in [-0.25, -0.2) is 0 Å². The first-order valence-electron chi connectivity index (χ1n) is 9.16. The third-order valence-corrected chi connectivity index (χ3v) is 4.74. The number of nitro benzene ring substituents is 1. The quantitative estimate of drug-likeness (QED) is 0.365. The van der Waals surface area contributed by atoms with Gasteiger partial charge in [0, 0.05) is 19.2 Å². The first-order valence-corrected chi connectivity index (χ1v) is 9.16. The number of nitrogens with zero attached hydrogens (tertiary/aromatic N) is 2. The van der Waals surface area contributed by atoms with Crippen LogP contribution < -0.4 is 4.90 Å². The van der Waals surface area contributed by atoms with Gasteiger partial charge in [0.1, 0.15) is 5.69 Å². The third kappa shape index (κ3) is 5.19. The van der Waals surface area contributed by atoms with Crippen LogP contribution in [0.2, 0.25) is 0 Å². The maximum absolute atomic E-state index is 12.1. The number of hydrogen-bond acceptors (Lipinski definition) is 5. The molecular formula is C20H32N2O4. The highest BCUT2D eigenvalue weighted by Gasteiger charge is 2.33. The van der Waals surface area contributed by atoms with Crippen LogP contribution in [-0.4, -0.2) is 31.1 Å². The van der Waals surface area contributed by atoms with Gasteiger partial charge in [0.15, 0.2) is 0 Å². The zero-order valence-corrected chi connectivity index (χ0v) is 17.0. The standard InChI is InChI=1S/C20H32N2O4/c1-8-15(4)13-21(12-14(2)3)17-10-9-16(11-18(17)22(24)25)20(5,6)19(23)26-7/h9-11,14-15H,8,12-13H2,1-7H3. The number of esters is 1. The van der Waals surface area contributed by atoms with Crippen molar-refractivity contribution in [1.82, 2.24) is 0 Å². The average Bonchev–Trinajstić information content (AvgIpc) is 2.59. The summed E-state index contributed by atoms with van der Waals surface area (Å²) in [6.45, 7) is 13.4. The second-order valence-corrected chi connectivity index (χ2v) is 7.89. The Bertz CT molecular complexity index is 641. The summed E-state index contributed by atoms with van der Waals surface area (Å²) >= 11 is 0. The van der Waals surface area contributed by atoms with Crippen LogP contribution in [0.5, 0.6) is 0 Å². The molecule has 0 spiro atoms. The Morgan fingerprint density at radius 1 is 1.27 bits per heavy atom. The van der Waals surface area contributed by atoms with Gasteiger partial charge in [-0.15, -0.1) is 0 Å². The summed E-state index contributed by atoms with van der Waals surface area (Å²) in [5.41, 5.74) is 0.266. The summed E-state index contributed by atoms with van der Waals surface area (Å²) < 4.78 is 4.85. The zero-order chi connectivity index (χ0) is 20.1. The molecule has 0 saturated carbocycles. The molecule has 0 amide bonds. The number of carbonyl (C=O) groups is 1. The van der Waals surface area contributed by atoms with Gasteiger partial charge >= 0.3 is 5.97 Å². The van der Waals surface area contributed by atoms with E-state index in [0.717, 1.165) is 19.5 Å². The zero-order valence-electron chi connectivity index (χ0n) is 17.0. The average molecular weight is 364 g/mol. The number of rotatable bonds is 9. The van der Waals surface area contributed by atoms with Gasteiger partial charge in [-0.1, -0.05) is 40.2 Å². The Balaban J connectivity index is 3.41. The van der Waals surface area contributed by atoms with Crippen molar-refractivity contribution in [3.63, 3.8) is 0 Å². The van der Waals surface area contributed by atoms with Crippen LogP contribution >= 0.6 is 0 Å². The van der Waals surface area contributed by atoms with Crippen LogP contribution in [0.4, 0.5) is 11.4 Å². The second kappa shape index (κ2) is 9.01. The predicted octanol–water partition coefficient (Wildman–Crippen LogP) is 4.55. The fraction of sp³-hybridized carbons (Fsp3) is 0.650. The molecule has 0 heterocycles. The molecule has 6 nitrogen and oxygen atoms in total. The third-order valence-electron chi connectivity index (χ3n) is 4.74. The lowest BCUT2D eigenvalue weighted by Crippen LogP contribution is -2.33. The lowest BCUT2D eigenvalue weighted by Gasteiger charge is -2.30. The molecule has 0 radical (unpaired) electrons. The lowest BCUT2D eigenvalue weighted by atomic mass is 9.84. The van der Waals surface area contributed by atoms with Crippen LogP contribution in [0.15, 0.2) is 18.2 Å². The molecule has 0 saturated heterocycles. The van der Waals surface area contributed by atoms with Gasteiger partial charge in [-0.3, -0.25) is 14.9 Å². The van der Waals surface area contributed by atoms with Crippen molar-refractivity contribution < 1.29 is 14.5 Å². The van der Waals surface area contributed by atoms with E-state index >= 15 is 0 Å². The molecule has 0 aromatic heterocycles. The number of nitro groups is 1. The van der Waals surface area contributed by atoms with Crippen molar-refractivity contribution in [2.24, 2.45) is 11.8 Å². The van der Waals surface area contributed by atoms with Crippen molar-refractivity contribution in [3.8, 4) is 0 Å². The van der Waals surface area contributed by atoms with Crippen molar-refractivity contribution in [1.29, 1.82) is 0 Å². The molecule has 0 bridgehead atoms. The largest absolute Gasteiger partial charge is 0.468 e. The maximum atomic E-state index is 12.1. The molecule has 0 aliphatic heterocycles. The van der Waals surface area contributed by atoms with E-state index in [9.17, 15) is 14.9 Å². The fourth-order valence-electron chi connectivity index (χ4n) is 2.92. The van der Waals surface area contributed by atoms with Gasteiger partial charge in [0.25, 0.3) is 5.69 Å². The van der Waals surface area contributed by atoms with Crippen molar-refractivity contribution in [2.75, 3.05) is 25.1 Å². The minimum atomic E-state index is -0.947. The van der Waals surface area contributed by atoms with Gasteiger partial charge in [-0.05, 0) is 37.3 Å². The maximum Gasteiger partial charge on any atom is 0.315 e. The number of carbonyl (C=O) groups excluding carboxylic acids is 1. The van der Waals surface area contributed by atoms with Gasteiger partial charge < -0.3 is 9.64 Å². The van der Waals surface area contributed by atoms with E-state index < -0.39 is 11.4 Å². The molecular weight excluding hydrogens is 332 g/mol. The first-order chi connectivity index (χ1) is 12.0. The summed E-state index contributed by atoms with van der Waals surface area (Å²) in [7, 11) is 1.32. The molecule has 1 atom stereocenters. The number of anilines is 1. The van der Waals surface area contributed by atoms with Crippen molar-refractivity contribution in [3.05, 3.63) is 33.9 Å². The van der Waals surface area contributed by atoms with Crippen LogP contribution in [0, 0.1) is 22.0 Å². The van der Waals surface area contributed by atoms with E-state index in [4.69, 9.17) is 4.74 Å². The van der Waals surface area contributed by atoms with Crippen molar-refractivity contribution in [2.45, 2.75) is 53.4 Å². The number of ether oxygens (including phenoxy) is 1. The number of benzene rings is 1. The second-order valence-electron chi connectivity index (χ2n) is 7.89. The summed E-state index contributed by atoms with van der Waals surface area (Å²) in [5.74, 6) is 0.391. The van der Waals surface area contributed by atoms with Crippen LogP contribution in [0.25, 0.3) is 0 Å². The minimum absolute atomic E-state index is 0.0310. The fourth-order valence-corrected chi connectivity index (χ4v) is 2.92. The Morgan fingerprint density at radius 3 is 2.35 bits per heavy atom. The molecule has 1 rings (SSSR count). The summed E-state index contributed by atoms with van der Waals surface area (Å²) in [6.07, 6.45) is 1.01. The summed E-state index contributed by atoms with van der Waals surface area (Å²) in [6, 6.07) is 5.07. The Labute approximate surface area is 156 Å². The van der Waals surface area contributed by atoms with E-state index in [2.05, 4.69) is 32.6 Å². The predicted molar refractivity (Wildman–Crippen MR) is 105 cm³/mol. The SMILES string of the molecule is CCC(C)CN(CC(C)C)c1ccc(C(C)(C)C(=O)OC)cc1[N+](=O)[O-]. The molecule has 1 aromatic carbocycles. The first kappa shape index (κ1) is 21.9. The topological polar surface area (TPSA) is 72.7 Å². The molecule has 0 aliphatic carbocycles. The molecule has 6 heteroatoms. The molecule has 1 unspecified atom stereocenters. The lowest BCUT2D eigenvalue weighted by molar-refractivity contribution is -0.384. The normalized spacial score (nSPS) is 12.8. The highest BCUT2D eigenvalue weighted by atomic mass is 16.6. The van der Waals surface area contributed by atoms with Crippen molar-refractivity contribution >= 4 is 17.3 Å². The Kier molecular flexibility index (Phi) is 7.60. The van der Waals surface area contributed by atoms with Gasteiger partial charge in [0.2, 0.25) is 0 Å². The summed E-state index contributed by atoms with van der Waals surface area (Å²) in [5, 5.41) is 11.7. The van der Waals surface area contributed by atoms with E-state index in [1.54, 1.807) is 26.0 Å². The number of hydrogen-bond donors (Lipinski definition) is 0. The molecule has 146 valence electrons. The molecule has 0 aliphatic rings. The van der Waals surface area contributed by atoms with Gasteiger partial charge in [-0.2, -0.15) is 0 Å². The number of methoxy groups -OCH3 is 1. The van der Waals surface area contributed by atoms with Crippen LogP contribution in [0.3, 0.4) is 0 Å². The Morgan fingerprint density at radius 2 is 1.88 bits per heavy atom. The molecule has 0 N–H and O–H groups in total. The van der Waals surface area contributed by atoms with E-state index in [0.29, 0.717) is 23.1 Å². The monoisotopic (exact) mass is 364 g/mol. The highest BCUT2D eigenvalue weighted by Crippen LogP contribution is 2.35. The van der Waals surface area contributed by atoms with E-state index in [-0.39, 0.29) is 10.6 Å². The van der Waals surface area contributed by atoms with E-state index in [1.165, 1.54) is 13.2 Å². The minimum Gasteiger partial charge on any atom is -0.468 e. The molecule has 1 aromatic rings. The van der Waals surface area contributed by atoms with Crippen LogP contribution in [-0.2, 0) is 14.9 Å². The smallest absolute Gasteiger partial charge is 0.315 e. The summed E-state index contributed by atoms with van der Waals surface area (Å²) in [4.78, 5) is 25.5. The molecule has 0 fully saturated rings. The highest BCUT2D eigenvalue weighted by molar-refractivity contribution is 5.83.